The average molecular weight is 372 g/mol. The van der Waals surface area contributed by atoms with Gasteiger partial charge >= 0.3 is 0 Å². The number of imidazole rings is 1. The van der Waals surface area contributed by atoms with Crippen molar-refractivity contribution < 1.29 is 9.53 Å². The number of carbonyl (C=O) groups is 1. The smallest absolute Gasteiger partial charge is 0.265 e. The van der Waals surface area contributed by atoms with Gasteiger partial charge < -0.3 is 10.1 Å². The molecular formula is C22H20N4O2. The topological polar surface area (TPSA) is 68.5 Å². The van der Waals surface area contributed by atoms with Gasteiger partial charge in [0.15, 0.2) is 6.10 Å². The first-order chi connectivity index (χ1) is 13.6. The van der Waals surface area contributed by atoms with E-state index in [0.717, 1.165) is 17.0 Å². The lowest BCUT2D eigenvalue weighted by Gasteiger charge is -2.14. The Kier molecular flexibility index (Phi) is 4.76. The predicted molar refractivity (Wildman–Crippen MR) is 108 cm³/mol. The molecule has 0 spiro atoms. The predicted octanol–water partition coefficient (Wildman–Crippen LogP) is 4.11. The second-order valence-electron chi connectivity index (χ2n) is 6.54. The quantitative estimate of drug-likeness (QED) is 0.572. The summed E-state index contributed by atoms with van der Waals surface area (Å²) in [6.07, 6.45) is 3.27. The number of anilines is 1. The van der Waals surface area contributed by atoms with Crippen LogP contribution in [0.5, 0.6) is 5.75 Å². The Hall–Kier alpha value is -3.67. The number of hydrogen-bond acceptors (Lipinski definition) is 4. The molecule has 0 unspecified atom stereocenters. The Labute approximate surface area is 162 Å². The molecule has 4 aromatic rings. The van der Waals surface area contributed by atoms with Gasteiger partial charge in [-0.1, -0.05) is 30.3 Å². The van der Waals surface area contributed by atoms with Gasteiger partial charge in [0.2, 0.25) is 5.78 Å². The first kappa shape index (κ1) is 17.7. The number of aromatic nitrogens is 3. The summed E-state index contributed by atoms with van der Waals surface area (Å²) < 4.78 is 7.54. The van der Waals surface area contributed by atoms with Crippen molar-refractivity contribution >= 4 is 17.4 Å². The molecule has 0 saturated heterocycles. The maximum atomic E-state index is 12.4. The highest BCUT2D eigenvalue weighted by atomic mass is 16.5. The Morgan fingerprint density at radius 2 is 1.79 bits per heavy atom. The van der Waals surface area contributed by atoms with Gasteiger partial charge in [-0.15, -0.1) is 0 Å². The van der Waals surface area contributed by atoms with E-state index in [2.05, 4.69) is 15.3 Å². The Balaban J connectivity index is 1.44. The van der Waals surface area contributed by atoms with E-state index in [1.54, 1.807) is 6.92 Å². The van der Waals surface area contributed by atoms with Crippen molar-refractivity contribution in [1.29, 1.82) is 0 Å². The van der Waals surface area contributed by atoms with Crippen LogP contribution in [0.25, 0.3) is 17.0 Å². The number of amides is 1. The van der Waals surface area contributed by atoms with Crippen LogP contribution in [0, 0.1) is 6.92 Å². The first-order valence-corrected chi connectivity index (χ1v) is 9.04. The summed E-state index contributed by atoms with van der Waals surface area (Å²) in [5.41, 5.74) is 3.41. The molecule has 2 aromatic heterocycles. The van der Waals surface area contributed by atoms with Crippen LogP contribution in [-0.2, 0) is 4.79 Å². The number of rotatable bonds is 5. The fraction of sp³-hybridized carbons (Fsp3) is 0.136. The van der Waals surface area contributed by atoms with Crippen molar-refractivity contribution in [2.75, 3.05) is 5.32 Å². The molecule has 140 valence electrons. The van der Waals surface area contributed by atoms with Crippen molar-refractivity contribution in [3.8, 4) is 17.0 Å². The molecule has 0 aliphatic carbocycles. The number of hydrogen-bond donors (Lipinski definition) is 1. The zero-order chi connectivity index (χ0) is 19.5. The van der Waals surface area contributed by atoms with Gasteiger partial charge in [-0.25, -0.2) is 9.97 Å². The van der Waals surface area contributed by atoms with Gasteiger partial charge in [-0.2, -0.15) is 0 Å². The Morgan fingerprint density at radius 1 is 1.04 bits per heavy atom. The molecule has 0 saturated carbocycles. The summed E-state index contributed by atoms with van der Waals surface area (Å²) in [6.45, 7) is 3.66. The minimum absolute atomic E-state index is 0.205. The highest BCUT2D eigenvalue weighted by molar-refractivity contribution is 5.94. The van der Waals surface area contributed by atoms with Gasteiger partial charge in [0, 0.05) is 29.3 Å². The maximum absolute atomic E-state index is 12.4. The van der Waals surface area contributed by atoms with Crippen LogP contribution in [0.15, 0.2) is 73.1 Å². The Bertz CT molecular complexity index is 1100. The minimum atomic E-state index is -0.602. The lowest BCUT2D eigenvalue weighted by atomic mass is 10.1. The summed E-state index contributed by atoms with van der Waals surface area (Å²) in [5, 5.41) is 2.87. The molecule has 1 N–H and O–H groups in total. The third-order valence-electron chi connectivity index (χ3n) is 4.34. The molecule has 0 aliphatic rings. The van der Waals surface area contributed by atoms with Gasteiger partial charge in [0.25, 0.3) is 5.91 Å². The molecular weight excluding hydrogens is 352 g/mol. The first-order valence-electron chi connectivity index (χ1n) is 9.04. The van der Waals surface area contributed by atoms with E-state index >= 15 is 0 Å². The van der Waals surface area contributed by atoms with E-state index in [1.807, 2.05) is 84.4 Å². The molecule has 0 radical (unpaired) electrons. The molecule has 2 aromatic carbocycles. The molecule has 2 heterocycles. The summed E-state index contributed by atoms with van der Waals surface area (Å²) in [5.74, 6) is 1.12. The van der Waals surface area contributed by atoms with Gasteiger partial charge in [0.05, 0.1) is 5.69 Å². The van der Waals surface area contributed by atoms with E-state index in [9.17, 15) is 4.79 Å². The molecule has 4 rings (SSSR count). The van der Waals surface area contributed by atoms with Gasteiger partial charge in [-0.3, -0.25) is 9.20 Å². The molecule has 0 aliphatic heterocycles. The summed E-state index contributed by atoms with van der Waals surface area (Å²) >= 11 is 0. The normalized spacial score (nSPS) is 11.9. The second kappa shape index (κ2) is 7.52. The standard InChI is InChI=1S/C22H20N4O2/c1-15-12-13-26-14-20(25-22(26)23-15)17-8-10-18(11-9-17)24-21(27)16(2)28-19-6-4-3-5-7-19/h3-14,16H,1-2H3,(H,24,27)/t16-/m1/s1. The molecule has 1 atom stereocenters. The van der Waals surface area contributed by atoms with Crippen LogP contribution in [0.3, 0.4) is 0 Å². The van der Waals surface area contributed by atoms with E-state index in [-0.39, 0.29) is 5.91 Å². The lowest BCUT2D eigenvalue weighted by molar-refractivity contribution is -0.122. The van der Waals surface area contributed by atoms with E-state index in [4.69, 9.17) is 4.74 Å². The monoisotopic (exact) mass is 372 g/mol. The molecule has 0 bridgehead atoms. The molecule has 6 nitrogen and oxygen atoms in total. The number of nitrogens with one attached hydrogen (secondary N) is 1. The van der Waals surface area contributed by atoms with Crippen LogP contribution in [0.1, 0.15) is 12.6 Å². The van der Waals surface area contributed by atoms with Gasteiger partial charge in [0.1, 0.15) is 5.75 Å². The lowest BCUT2D eigenvalue weighted by Crippen LogP contribution is -2.30. The highest BCUT2D eigenvalue weighted by Crippen LogP contribution is 2.21. The summed E-state index contributed by atoms with van der Waals surface area (Å²) in [6, 6.07) is 18.8. The van der Waals surface area contributed by atoms with Crippen LogP contribution in [0.2, 0.25) is 0 Å². The zero-order valence-electron chi connectivity index (χ0n) is 15.7. The van der Waals surface area contributed by atoms with Gasteiger partial charge in [-0.05, 0) is 44.2 Å². The largest absolute Gasteiger partial charge is 0.481 e. The number of nitrogens with zero attached hydrogens (tertiary/aromatic N) is 3. The molecule has 28 heavy (non-hydrogen) atoms. The number of aryl methyl sites for hydroxylation is 1. The van der Waals surface area contributed by atoms with Crippen LogP contribution in [0.4, 0.5) is 5.69 Å². The van der Waals surface area contributed by atoms with Crippen LogP contribution in [-0.4, -0.2) is 26.4 Å². The number of para-hydroxylation sites is 1. The SMILES string of the molecule is Cc1ccn2cc(-c3ccc(NC(=O)[C@@H](C)Oc4ccccc4)cc3)nc2n1. The molecule has 6 heteroatoms. The van der Waals surface area contributed by atoms with E-state index in [1.165, 1.54) is 0 Å². The third-order valence-corrected chi connectivity index (χ3v) is 4.34. The summed E-state index contributed by atoms with van der Waals surface area (Å²) in [4.78, 5) is 21.3. The fourth-order valence-electron chi connectivity index (χ4n) is 2.82. The van der Waals surface area contributed by atoms with Crippen molar-refractivity contribution in [2.45, 2.75) is 20.0 Å². The number of ether oxygens (including phenoxy) is 1. The van der Waals surface area contributed by atoms with Crippen LogP contribution >= 0.6 is 0 Å². The number of benzene rings is 2. The maximum Gasteiger partial charge on any atom is 0.265 e. The third kappa shape index (κ3) is 3.86. The molecule has 1 amide bonds. The second-order valence-corrected chi connectivity index (χ2v) is 6.54. The van der Waals surface area contributed by atoms with E-state index < -0.39 is 6.10 Å². The average Bonchev–Trinajstić information content (AvgIpc) is 3.12. The zero-order valence-corrected chi connectivity index (χ0v) is 15.7. The van der Waals surface area contributed by atoms with Crippen molar-refractivity contribution in [1.82, 2.24) is 14.4 Å². The number of fused-ring (bicyclic) bond motifs is 1. The molecule has 0 fully saturated rings. The minimum Gasteiger partial charge on any atom is -0.481 e. The fourth-order valence-corrected chi connectivity index (χ4v) is 2.82. The number of carbonyl (C=O) groups excluding carboxylic acids is 1. The summed E-state index contributed by atoms with van der Waals surface area (Å²) in [7, 11) is 0. The van der Waals surface area contributed by atoms with Crippen molar-refractivity contribution in [2.24, 2.45) is 0 Å². The van der Waals surface area contributed by atoms with Crippen molar-refractivity contribution in [3.05, 3.63) is 78.8 Å². The highest BCUT2D eigenvalue weighted by Gasteiger charge is 2.15. The van der Waals surface area contributed by atoms with Crippen molar-refractivity contribution in [3.63, 3.8) is 0 Å². The van der Waals surface area contributed by atoms with E-state index in [0.29, 0.717) is 17.2 Å². The van der Waals surface area contributed by atoms with Crippen LogP contribution < -0.4 is 10.1 Å². The Morgan fingerprint density at radius 3 is 2.54 bits per heavy atom.